The maximum atomic E-state index is 11.9. The SMILES string of the molecule is CN(C)c1ccc(C(c2ccc(Cl)cc2)N2CCCCC2C(=O)O)cc1. The molecule has 0 bridgehead atoms. The van der Waals surface area contributed by atoms with E-state index in [2.05, 4.69) is 34.1 Å². The van der Waals surface area contributed by atoms with E-state index in [1.807, 2.05) is 38.4 Å². The molecule has 1 saturated heterocycles. The summed E-state index contributed by atoms with van der Waals surface area (Å²) in [6.45, 7) is 0.777. The summed E-state index contributed by atoms with van der Waals surface area (Å²) in [5.41, 5.74) is 3.29. The highest BCUT2D eigenvalue weighted by molar-refractivity contribution is 6.30. The molecule has 2 atom stereocenters. The van der Waals surface area contributed by atoms with Gasteiger partial charge in [-0.2, -0.15) is 0 Å². The van der Waals surface area contributed by atoms with Crippen LogP contribution in [0.4, 0.5) is 5.69 Å². The van der Waals surface area contributed by atoms with Gasteiger partial charge in [0.05, 0.1) is 6.04 Å². The number of carboxylic acid groups (broad SMARTS) is 1. The quantitative estimate of drug-likeness (QED) is 0.842. The molecule has 0 amide bonds. The molecule has 4 nitrogen and oxygen atoms in total. The smallest absolute Gasteiger partial charge is 0.320 e. The van der Waals surface area contributed by atoms with Crippen molar-refractivity contribution in [1.29, 1.82) is 0 Å². The first kappa shape index (κ1) is 18.7. The largest absolute Gasteiger partial charge is 0.480 e. The van der Waals surface area contributed by atoms with Gasteiger partial charge in [-0.25, -0.2) is 0 Å². The molecule has 2 aromatic rings. The Labute approximate surface area is 160 Å². The predicted molar refractivity (Wildman–Crippen MR) is 106 cm³/mol. The van der Waals surface area contributed by atoms with E-state index in [4.69, 9.17) is 11.6 Å². The Hall–Kier alpha value is -2.04. The summed E-state index contributed by atoms with van der Waals surface area (Å²) in [5, 5.41) is 10.4. The third-order valence-electron chi connectivity index (χ3n) is 5.07. The van der Waals surface area contributed by atoms with Gasteiger partial charge in [0.25, 0.3) is 0 Å². The van der Waals surface area contributed by atoms with Gasteiger partial charge in [-0.1, -0.05) is 42.3 Å². The molecule has 26 heavy (non-hydrogen) atoms. The fraction of sp³-hybridized carbons (Fsp3) is 0.381. The van der Waals surface area contributed by atoms with Crippen LogP contribution < -0.4 is 4.90 Å². The van der Waals surface area contributed by atoms with Crippen LogP contribution in [0.25, 0.3) is 0 Å². The number of nitrogens with zero attached hydrogens (tertiary/aromatic N) is 2. The van der Waals surface area contributed by atoms with E-state index in [0.29, 0.717) is 11.4 Å². The molecule has 138 valence electrons. The van der Waals surface area contributed by atoms with E-state index in [9.17, 15) is 9.90 Å². The molecule has 1 heterocycles. The van der Waals surface area contributed by atoms with Crippen molar-refractivity contribution in [3.63, 3.8) is 0 Å². The van der Waals surface area contributed by atoms with Crippen molar-refractivity contribution in [3.8, 4) is 0 Å². The maximum absolute atomic E-state index is 11.9. The number of hydrogen-bond donors (Lipinski definition) is 1. The molecule has 1 aliphatic rings. The summed E-state index contributed by atoms with van der Waals surface area (Å²) in [5.74, 6) is -0.742. The van der Waals surface area contributed by atoms with E-state index in [1.165, 1.54) is 0 Å². The van der Waals surface area contributed by atoms with Gasteiger partial charge >= 0.3 is 5.97 Å². The predicted octanol–water partition coefficient (Wildman–Crippen LogP) is 4.43. The summed E-state index contributed by atoms with van der Waals surface area (Å²) < 4.78 is 0. The highest BCUT2D eigenvalue weighted by atomic mass is 35.5. The lowest BCUT2D eigenvalue weighted by Gasteiger charge is -2.39. The first-order chi connectivity index (χ1) is 12.5. The molecule has 2 aromatic carbocycles. The third kappa shape index (κ3) is 4.02. The molecule has 0 saturated carbocycles. The minimum atomic E-state index is -0.742. The number of carbonyl (C=O) groups is 1. The van der Waals surface area contributed by atoms with Crippen LogP contribution in [0.3, 0.4) is 0 Å². The molecule has 1 aliphatic heterocycles. The summed E-state index contributed by atoms with van der Waals surface area (Å²) >= 11 is 6.07. The fourth-order valence-corrected chi connectivity index (χ4v) is 3.83. The normalized spacial score (nSPS) is 19.1. The third-order valence-corrected chi connectivity index (χ3v) is 5.32. The van der Waals surface area contributed by atoms with Crippen molar-refractivity contribution in [2.75, 3.05) is 25.5 Å². The van der Waals surface area contributed by atoms with E-state index in [0.717, 1.165) is 36.2 Å². The average molecular weight is 373 g/mol. The van der Waals surface area contributed by atoms with Crippen molar-refractivity contribution >= 4 is 23.3 Å². The van der Waals surface area contributed by atoms with Crippen LogP contribution in [0.2, 0.25) is 5.02 Å². The number of anilines is 1. The molecule has 0 aromatic heterocycles. The second-order valence-electron chi connectivity index (χ2n) is 7.03. The Bertz CT molecular complexity index is 744. The lowest BCUT2D eigenvalue weighted by atomic mass is 9.91. The number of halogens is 1. The number of carboxylic acids is 1. The first-order valence-electron chi connectivity index (χ1n) is 8.98. The summed E-state index contributed by atoms with van der Waals surface area (Å²) in [4.78, 5) is 16.0. The van der Waals surface area contributed by atoms with Gasteiger partial charge in [0.15, 0.2) is 0 Å². The van der Waals surface area contributed by atoms with E-state index >= 15 is 0 Å². The standard InChI is InChI=1S/C21H25ClN2O2/c1-23(2)18-12-8-16(9-13-18)20(15-6-10-17(22)11-7-15)24-14-4-3-5-19(24)21(25)26/h6-13,19-20H,3-5,14H2,1-2H3,(H,25,26). The topological polar surface area (TPSA) is 43.8 Å². The van der Waals surface area contributed by atoms with Crippen LogP contribution in [0.5, 0.6) is 0 Å². The molecule has 1 N–H and O–H groups in total. The minimum Gasteiger partial charge on any atom is -0.480 e. The molecule has 2 unspecified atom stereocenters. The van der Waals surface area contributed by atoms with Crippen LogP contribution in [0.1, 0.15) is 36.4 Å². The van der Waals surface area contributed by atoms with Gasteiger partial charge in [0, 0.05) is 24.8 Å². The molecule has 5 heteroatoms. The van der Waals surface area contributed by atoms with Crippen LogP contribution in [-0.4, -0.2) is 42.7 Å². The lowest BCUT2D eigenvalue weighted by Crippen LogP contribution is -2.46. The monoisotopic (exact) mass is 372 g/mol. The molecule has 0 spiro atoms. The number of benzene rings is 2. The van der Waals surface area contributed by atoms with Gasteiger partial charge < -0.3 is 10.0 Å². The summed E-state index contributed by atoms with van der Waals surface area (Å²) in [7, 11) is 4.02. The molecular weight excluding hydrogens is 348 g/mol. The minimum absolute atomic E-state index is 0.0927. The van der Waals surface area contributed by atoms with Gasteiger partial charge in [-0.3, -0.25) is 9.69 Å². The van der Waals surface area contributed by atoms with Crippen molar-refractivity contribution in [3.05, 3.63) is 64.7 Å². The maximum Gasteiger partial charge on any atom is 0.320 e. The van der Waals surface area contributed by atoms with Gasteiger partial charge in [0.1, 0.15) is 6.04 Å². The molecule has 0 aliphatic carbocycles. The molecular formula is C21H25ClN2O2. The molecule has 1 fully saturated rings. The fourth-order valence-electron chi connectivity index (χ4n) is 3.70. The summed E-state index contributed by atoms with van der Waals surface area (Å²) in [6, 6.07) is 15.6. The first-order valence-corrected chi connectivity index (χ1v) is 9.36. The van der Waals surface area contributed by atoms with Gasteiger partial charge in [-0.15, -0.1) is 0 Å². The molecule has 0 radical (unpaired) electrons. The van der Waals surface area contributed by atoms with Crippen LogP contribution in [0.15, 0.2) is 48.5 Å². The van der Waals surface area contributed by atoms with E-state index < -0.39 is 12.0 Å². The number of rotatable bonds is 5. The molecule has 3 rings (SSSR count). The Morgan fingerprint density at radius 3 is 2.19 bits per heavy atom. The number of piperidine rings is 1. The second kappa shape index (κ2) is 8.11. The Balaban J connectivity index is 2.03. The Morgan fingerprint density at radius 1 is 1.08 bits per heavy atom. The highest BCUT2D eigenvalue weighted by Gasteiger charge is 2.35. The number of likely N-dealkylation sites (tertiary alicyclic amines) is 1. The van der Waals surface area contributed by atoms with Crippen molar-refractivity contribution < 1.29 is 9.90 Å². The van der Waals surface area contributed by atoms with Crippen LogP contribution in [0, 0.1) is 0 Å². The van der Waals surface area contributed by atoms with Gasteiger partial charge in [0.2, 0.25) is 0 Å². The van der Waals surface area contributed by atoms with Crippen molar-refractivity contribution in [2.45, 2.75) is 31.3 Å². The van der Waals surface area contributed by atoms with Crippen molar-refractivity contribution in [2.24, 2.45) is 0 Å². The zero-order chi connectivity index (χ0) is 18.7. The Kier molecular flexibility index (Phi) is 5.84. The van der Waals surface area contributed by atoms with Crippen molar-refractivity contribution in [1.82, 2.24) is 4.90 Å². The lowest BCUT2D eigenvalue weighted by molar-refractivity contribution is -0.145. The highest BCUT2D eigenvalue weighted by Crippen LogP contribution is 2.35. The van der Waals surface area contributed by atoms with Crippen LogP contribution in [-0.2, 0) is 4.79 Å². The summed E-state index contributed by atoms with van der Waals surface area (Å²) in [6.07, 6.45) is 2.67. The zero-order valence-corrected chi connectivity index (χ0v) is 16.0. The average Bonchev–Trinajstić information content (AvgIpc) is 2.64. The number of aliphatic carboxylic acids is 1. The van der Waals surface area contributed by atoms with E-state index in [1.54, 1.807) is 0 Å². The zero-order valence-electron chi connectivity index (χ0n) is 15.2. The second-order valence-corrected chi connectivity index (χ2v) is 7.46. The van der Waals surface area contributed by atoms with E-state index in [-0.39, 0.29) is 6.04 Å². The number of hydrogen-bond acceptors (Lipinski definition) is 3. The van der Waals surface area contributed by atoms with Gasteiger partial charge in [-0.05, 0) is 54.8 Å². The Morgan fingerprint density at radius 2 is 1.65 bits per heavy atom. The van der Waals surface area contributed by atoms with Crippen LogP contribution >= 0.6 is 11.6 Å².